The summed E-state index contributed by atoms with van der Waals surface area (Å²) in [5, 5.41) is 3.23. The second-order valence-electron chi connectivity index (χ2n) is 8.00. The van der Waals surface area contributed by atoms with Crippen molar-refractivity contribution >= 4 is 23.1 Å². The molecule has 0 unspecified atom stereocenters. The van der Waals surface area contributed by atoms with Crippen LogP contribution >= 0.6 is 0 Å². The van der Waals surface area contributed by atoms with Crippen LogP contribution in [-0.2, 0) is 16.1 Å². The van der Waals surface area contributed by atoms with E-state index in [1.165, 1.54) is 4.90 Å². The summed E-state index contributed by atoms with van der Waals surface area (Å²) in [7, 11) is 3.14. The van der Waals surface area contributed by atoms with E-state index in [-0.39, 0.29) is 24.1 Å². The van der Waals surface area contributed by atoms with Gasteiger partial charge in [0.1, 0.15) is 17.2 Å². The second kappa shape index (κ2) is 9.20. The Morgan fingerprint density at radius 3 is 2.12 bits per heavy atom. The van der Waals surface area contributed by atoms with Gasteiger partial charge in [0.05, 0.1) is 26.3 Å². The van der Waals surface area contributed by atoms with Crippen molar-refractivity contribution in [1.82, 2.24) is 4.90 Å². The van der Waals surface area contributed by atoms with Crippen LogP contribution in [0.2, 0.25) is 0 Å². The van der Waals surface area contributed by atoms with E-state index in [4.69, 9.17) is 9.47 Å². The van der Waals surface area contributed by atoms with Crippen molar-refractivity contribution in [3.8, 4) is 11.5 Å². The van der Waals surface area contributed by atoms with Gasteiger partial charge in [0.2, 0.25) is 0 Å². The lowest BCUT2D eigenvalue weighted by atomic mass is 10.0. The molecule has 0 saturated carbocycles. The number of aryl methyl sites for hydroxylation is 2. The molecular weight excluding hydrogens is 416 g/mol. The number of carbonyl (C=O) groups excluding carboxylic acids is 2. The maximum Gasteiger partial charge on any atom is 0.278 e. The first kappa shape index (κ1) is 22.1. The Balaban J connectivity index is 1.76. The molecule has 6 heteroatoms. The molecule has 0 spiro atoms. The third-order valence-electron chi connectivity index (χ3n) is 5.54. The first-order valence-electron chi connectivity index (χ1n) is 10.6. The molecule has 0 radical (unpaired) electrons. The fraction of sp³-hybridized carbons (Fsp3) is 0.185. The molecule has 3 aromatic rings. The topological polar surface area (TPSA) is 67.9 Å². The Labute approximate surface area is 193 Å². The van der Waals surface area contributed by atoms with E-state index >= 15 is 0 Å². The Morgan fingerprint density at radius 2 is 1.48 bits per heavy atom. The zero-order valence-corrected chi connectivity index (χ0v) is 19.1. The van der Waals surface area contributed by atoms with Crippen LogP contribution in [0.15, 0.2) is 72.4 Å². The lowest BCUT2D eigenvalue weighted by molar-refractivity contribution is -0.137. The normalized spacial score (nSPS) is 13.5. The summed E-state index contributed by atoms with van der Waals surface area (Å²) in [4.78, 5) is 28.4. The van der Waals surface area contributed by atoms with Crippen molar-refractivity contribution in [3.05, 3.63) is 94.7 Å². The molecule has 4 rings (SSSR count). The minimum absolute atomic E-state index is 0.151. The van der Waals surface area contributed by atoms with Gasteiger partial charge < -0.3 is 14.8 Å². The third kappa shape index (κ3) is 4.46. The van der Waals surface area contributed by atoms with Gasteiger partial charge in [-0.15, -0.1) is 0 Å². The van der Waals surface area contributed by atoms with Crippen molar-refractivity contribution in [2.24, 2.45) is 0 Å². The molecule has 1 heterocycles. The van der Waals surface area contributed by atoms with Crippen LogP contribution < -0.4 is 14.8 Å². The van der Waals surface area contributed by atoms with Crippen LogP contribution in [0.3, 0.4) is 0 Å². The van der Waals surface area contributed by atoms with Crippen molar-refractivity contribution in [1.29, 1.82) is 0 Å². The van der Waals surface area contributed by atoms with E-state index in [0.29, 0.717) is 22.6 Å². The number of amides is 2. The maximum atomic E-state index is 13.6. The number of imide groups is 1. The van der Waals surface area contributed by atoms with Gasteiger partial charge in [0.25, 0.3) is 11.8 Å². The largest absolute Gasteiger partial charge is 0.497 e. The van der Waals surface area contributed by atoms with E-state index in [9.17, 15) is 9.59 Å². The SMILES string of the molecule is COc1ccc(CN2C(=O)C(Nc3cc(C)cc(C)c3)=C(c3ccccc3OC)C2=O)cc1. The fourth-order valence-electron chi connectivity index (χ4n) is 4.04. The number of para-hydroxylation sites is 1. The number of methoxy groups -OCH3 is 2. The fourth-order valence-corrected chi connectivity index (χ4v) is 4.04. The molecule has 0 fully saturated rings. The summed E-state index contributed by atoms with van der Waals surface area (Å²) in [6.07, 6.45) is 0. The Hall–Kier alpha value is -4.06. The molecule has 33 heavy (non-hydrogen) atoms. The molecule has 6 nitrogen and oxygen atoms in total. The molecule has 168 valence electrons. The minimum Gasteiger partial charge on any atom is -0.497 e. The molecule has 1 aliphatic rings. The number of carbonyl (C=O) groups is 2. The summed E-state index contributed by atoms with van der Waals surface area (Å²) in [5.74, 6) is 0.491. The number of benzene rings is 3. The average molecular weight is 443 g/mol. The first-order valence-corrected chi connectivity index (χ1v) is 10.6. The van der Waals surface area contributed by atoms with Crippen molar-refractivity contribution in [2.75, 3.05) is 19.5 Å². The van der Waals surface area contributed by atoms with Crippen LogP contribution in [0.1, 0.15) is 22.3 Å². The molecule has 2 amide bonds. The van der Waals surface area contributed by atoms with Crippen LogP contribution in [0.5, 0.6) is 11.5 Å². The zero-order valence-electron chi connectivity index (χ0n) is 19.1. The molecule has 0 aromatic heterocycles. The summed E-state index contributed by atoms with van der Waals surface area (Å²) in [5.41, 5.74) is 4.80. The highest BCUT2D eigenvalue weighted by molar-refractivity contribution is 6.36. The first-order chi connectivity index (χ1) is 15.9. The van der Waals surface area contributed by atoms with Crippen molar-refractivity contribution < 1.29 is 19.1 Å². The van der Waals surface area contributed by atoms with E-state index in [1.54, 1.807) is 26.4 Å². The third-order valence-corrected chi connectivity index (χ3v) is 5.54. The predicted octanol–water partition coefficient (Wildman–Crippen LogP) is 4.71. The van der Waals surface area contributed by atoms with Crippen LogP contribution in [0, 0.1) is 13.8 Å². The monoisotopic (exact) mass is 442 g/mol. The lowest BCUT2D eigenvalue weighted by Gasteiger charge is -2.16. The number of nitrogens with one attached hydrogen (secondary N) is 1. The zero-order chi connectivity index (χ0) is 23.5. The highest BCUT2D eigenvalue weighted by Crippen LogP contribution is 2.36. The summed E-state index contributed by atoms with van der Waals surface area (Å²) in [6.45, 7) is 4.13. The van der Waals surface area contributed by atoms with Gasteiger partial charge in [-0.2, -0.15) is 0 Å². The smallest absolute Gasteiger partial charge is 0.278 e. The van der Waals surface area contributed by atoms with Crippen molar-refractivity contribution in [3.63, 3.8) is 0 Å². The van der Waals surface area contributed by atoms with Gasteiger partial charge in [-0.05, 0) is 60.9 Å². The lowest BCUT2D eigenvalue weighted by Crippen LogP contribution is -2.32. The molecule has 3 aromatic carbocycles. The average Bonchev–Trinajstić information content (AvgIpc) is 3.03. The predicted molar refractivity (Wildman–Crippen MR) is 128 cm³/mol. The van der Waals surface area contributed by atoms with Crippen molar-refractivity contribution in [2.45, 2.75) is 20.4 Å². The molecule has 1 aliphatic heterocycles. The molecule has 0 atom stereocenters. The standard InChI is InChI=1S/C27H26N2O4/c1-17-13-18(2)15-20(14-17)28-25-24(22-7-5-6-8-23(22)33-4)26(30)29(27(25)31)16-19-9-11-21(32-3)12-10-19/h5-15,28H,16H2,1-4H3. The Morgan fingerprint density at radius 1 is 0.818 bits per heavy atom. The summed E-state index contributed by atoms with van der Waals surface area (Å²) in [6, 6.07) is 20.5. The Kier molecular flexibility index (Phi) is 6.18. The highest BCUT2D eigenvalue weighted by Gasteiger charge is 2.40. The number of nitrogens with zero attached hydrogens (tertiary/aromatic N) is 1. The maximum absolute atomic E-state index is 13.6. The molecule has 1 N–H and O–H groups in total. The number of hydrogen-bond acceptors (Lipinski definition) is 5. The highest BCUT2D eigenvalue weighted by atomic mass is 16.5. The van der Waals surface area contributed by atoms with Gasteiger partial charge in [-0.3, -0.25) is 14.5 Å². The van der Waals surface area contributed by atoms with E-state index in [1.807, 2.05) is 62.4 Å². The van der Waals surface area contributed by atoms with E-state index < -0.39 is 0 Å². The number of ether oxygens (including phenoxy) is 2. The van der Waals surface area contributed by atoms with E-state index in [0.717, 1.165) is 22.4 Å². The number of rotatable bonds is 7. The molecule has 0 aliphatic carbocycles. The van der Waals surface area contributed by atoms with Crippen LogP contribution in [-0.4, -0.2) is 30.9 Å². The summed E-state index contributed by atoms with van der Waals surface area (Å²) < 4.78 is 10.7. The van der Waals surface area contributed by atoms with Gasteiger partial charge in [0.15, 0.2) is 0 Å². The van der Waals surface area contributed by atoms with Gasteiger partial charge >= 0.3 is 0 Å². The number of anilines is 1. The number of hydrogen-bond donors (Lipinski definition) is 1. The van der Waals surface area contributed by atoms with Crippen LogP contribution in [0.25, 0.3) is 5.57 Å². The quantitative estimate of drug-likeness (QED) is 0.537. The van der Waals surface area contributed by atoms with Gasteiger partial charge in [0, 0.05) is 11.3 Å². The molecule has 0 saturated heterocycles. The van der Waals surface area contributed by atoms with Crippen LogP contribution in [0.4, 0.5) is 5.69 Å². The van der Waals surface area contributed by atoms with Gasteiger partial charge in [-0.25, -0.2) is 0 Å². The van der Waals surface area contributed by atoms with E-state index in [2.05, 4.69) is 11.4 Å². The molecular formula is C27H26N2O4. The summed E-state index contributed by atoms with van der Waals surface area (Å²) >= 11 is 0. The second-order valence-corrected chi connectivity index (χ2v) is 8.00. The minimum atomic E-state index is -0.379. The molecule has 0 bridgehead atoms. The van der Waals surface area contributed by atoms with Gasteiger partial charge in [-0.1, -0.05) is 36.4 Å². The Bertz CT molecular complexity index is 1220.